The monoisotopic (exact) mass is 470 g/mol. The lowest BCUT2D eigenvalue weighted by atomic mass is 9.88. The fraction of sp³-hybridized carbons (Fsp3) is 0.259. The molecule has 1 atom stereocenters. The lowest BCUT2D eigenvalue weighted by molar-refractivity contribution is -0.125. The van der Waals surface area contributed by atoms with E-state index in [1.54, 1.807) is 41.8 Å². The molecule has 2 amide bonds. The van der Waals surface area contributed by atoms with Gasteiger partial charge in [-0.25, -0.2) is 0 Å². The van der Waals surface area contributed by atoms with Crippen LogP contribution in [0.2, 0.25) is 0 Å². The fourth-order valence-electron chi connectivity index (χ4n) is 4.66. The maximum atomic E-state index is 13.7. The van der Waals surface area contributed by atoms with E-state index in [0.29, 0.717) is 36.4 Å². The zero-order valence-electron chi connectivity index (χ0n) is 19.2. The Morgan fingerprint density at radius 3 is 2.77 bits per heavy atom. The average Bonchev–Trinajstić information content (AvgIpc) is 3.36. The van der Waals surface area contributed by atoms with Crippen molar-refractivity contribution in [2.75, 3.05) is 10.2 Å². The number of benzene rings is 1. The Morgan fingerprint density at radius 2 is 1.97 bits per heavy atom. The van der Waals surface area contributed by atoms with E-state index in [2.05, 4.69) is 15.6 Å². The first-order valence-corrected chi connectivity index (χ1v) is 11.7. The fourth-order valence-corrected chi connectivity index (χ4v) is 4.66. The van der Waals surface area contributed by atoms with Crippen LogP contribution in [0.1, 0.15) is 49.5 Å². The normalized spacial score (nSPS) is 17.2. The van der Waals surface area contributed by atoms with Crippen LogP contribution in [0.4, 0.5) is 11.4 Å². The van der Waals surface area contributed by atoms with E-state index in [4.69, 9.17) is 4.42 Å². The molecule has 8 nitrogen and oxygen atoms in total. The summed E-state index contributed by atoms with van der Waals surface area (Å²) < 4.78 is 5.74. The molecule has 2 aliphatic rings. The van der Waals surface area contributed by atoms with Gasteiger partial charge in [0.15, 0.2) is 5.78 Å². The van der Waals surface area contributed by atoms with Crippen LogP contribution in [0.25, 0.3) is 0 Å². The van der Waals surface area contributed by atoms with Crippen LogP contribution in [0.5, 0.6) is 0 Å². The number of nitrogens with one attached hydrogen (secondary N) is 2. The second kappa shape index (κ2) is 9.97. The molecular weight excluding hydrogens is 444 g/mol. The molecule has 35 heavy (non-hydrogen) atoms. The highest BCUT2D eigenvalue weighted by Crippen LogP contribution is 2.45. The number of nitrogens with zero attached hydrogens (tertiary/aromatic N) is 2. The summed E-state index contributed by atoms with van der Waals surface area (Å²) in [4.78, 5) is 45.0. The third-order valence-electron chi connectivity index (χ3n) is 6.30. The summed E-state index contributed by atoms with van der Waals surface area (Å²) in [5, 5.41) is 6.25. The number of allylic oxidation sites excluding steroid dienone is 1. The van der Waals surface area contributed by atoms with Gasteiger partial charge in [0.05, 0.1) is 17.6 Å². The largest absolute Gasteiger partial charge is 0.467 e. The van der Waals surface area contributed by atoms with E-state index < -0.39 is 6.04 Å². The van der Waals surface area contributed by atoms with Crippen molar-refractivity contribution in [3.05, 3.63) is 89.8 Å². The third-order valence-corrected chi connectivity index (χ3v) is 6.30. The van der Waals surface area contributed by atoms with Gasteiger partial charge in [-0.05, 0) is 48.7 Å². The van der Waals surface area contributed by atoms with E-state index >= 15 is 0 Å². The van der Waals surface area contributed by atoms with E-state index in [1.165, 1.54) is 0 Å². The van der Waals surface area contributed by atoms with Gasteiger partial charge in [0.1, 0.15) is 11.8 Å². The summed E-state index contributed by atoms with van der Waals surface area (Å²) in [5.74, 6) is 0.0246. The minimum atomic E-state index is -0.699. The summed E-state index contributed by atoms with van der Waals surface area (Å²) >= 11 is 0. The van der Waals surface area contributed by atoms with Crippen molar-refractivity contribution in [2.45, 2.75) is 44.7 Å². The number of ketones is 1. The quantitative estimate of drug-likeness (QED) is 0.557. The van der Waals surface area contributed by atoms with Crippen molar-refractivity contribution in [3.8, 4) is 0 Å². The highest BCUT2D eigenvalue weighted by molar-refractivity contribution is 6.06. The van der Waals surface area contributed by atoms with Gasteiger partial charge in [0.25, 0.3) is 0 Å². The molecule has 3 heterocycles. The number of pyridine rings is 1. The molecule has 0 unspecified atom stereocenters. The van der Waals surface area contributed by atoms with Gasteiger partial charge in [-0.3, -0.25) is 24.3 Å². The van der Waals surface area contributed by atoms with Crippen LogP contribution in [0, 0.1) is 0 Å². The number of amides is 2. The highest BCUT2D eigenvalue weighted by atomic mass is 16.3. The molecule has 8 heteroatoms. The van der Waals surface area contributed by atoms with E-state index in [1.807, 2.05) is 30.3 Å². The molecule has 0 fully saturated rings. The Kier molecular flexibility index (Phi) is 6.43. The van der Waals surface area contributed by atoms with Crippen molar-refractivity contribution in [1.29, 1.82) is 0 Å². The van der Waals surface area contributed by atoms with Crippen LogP contribution in [0.15, 0.2) is 82.9 Å². The minimum absolute atomic E-state index is 0.0000280. The van der Waals surface area contributed by atoms with Crippen LogP contribution in [0.3, 0.4) is 0 Å². The standard InChI is InChI=1S/C27H26N4O4/c32-22-10-3-8-20-26(22)27(23-11-5-15-35-23)31(21-9-2-1-7-19(21)30-20)25(34)13-12-24(33)29-17-18-6-4-14-28-16-18/h1-2,4-7,9,11,14-16,27,30H,3,8,10,12-13,17H2,(H,29,33)/t27-/m0/s1. The van der Waals surface area contributed by atoms with Crippen molar-refractivity contribution in [1.82, 2.24) is 10.3 Å². The van der Waals surface area contributed by atoms with E-state index in [0.717, 1.165) is 23.4 Å². The smallest absolute Gasteiger partial charge is 0.228 e. The van der Waals surface area contributed by atoms with Gasteiger partial charge in [0.2, 0.25) is 11.8 Å². The number of furan rings is 1. The maximum Gasteiger partial charge on any atom is 0.228 e. The topological polar surface area (TPSA) is 105 Å². The zero-order valence-corrected chi connectivity index (χ0v) is 19.2. The molecule has 1 aromatic carbocycles. The molecule has 0 radical (unpaired) electrons. The van der Waals surface area contributed by atoms with Gasteiger partial charge >= 0.3 is 0 Å². The molecule has 2 N–H and O–H groups in total. The van der Waals surface area contributed by atoms with Gasteiger partial charge < -0.3 is 15.1 Å². The lowest BCUT2D eigenvalue weighted by Crippen LogP contribution is -2.38. The van der Waals surface area contributed by atoms with Gasteiger partial charge in [-0.1, -0.05) is 18.2 Å². The van der Waals surface area contributed by atoms with Gasteiger partial charge in [-0.15, -0.1) is 0 Å². The van der Waals surface area contributed by atoms with Crippen molar-refractivity contribution in [3.63, 3.8) is 0 Å². The summed E-state index contributed by atoms with van der Waals surface area (Å²) in [6, 6.07) is 14.0. The first-order valence-electron chi connectivity index (χ1n) is 11.7. The van der Waals surface area contributed by atoms with Crippen LogP contribution < -0.4 is 15.5 Å². The molecule has 3 aromatic rings. The zero-order chi connectivity index (χ0) is 24.2. The number of rotatable bonds is 6. The second-order valence-electron chi connectivity index (χ2n) is 8.63. The Labute approximate surface area is 203 Å². The molecule has 0 saturated carbocycles. The molecule has 0 saturated heterocycles. The predicted molar refractivity (Wildman–Crippen MR) is 130 cm³/mol. The number of hydrogen-bond donors (Lipinski definition) is 2. The molecule has 1 aliphatic carbocycles. The molecule has 0 spiro atoms. The van der Waals surface area contributed by atoms with Crippen LogP contribution >= 0.6 is 0 Å². The molecule has 2 aromatic heterocycles. The minimum Gasteiger partial charge on any atom is -0.467 e. The SMILES string of the molecule is O=C(CCC(=O)N1c2ccccc2NC2=C(C(=O)CCC2)[C@@H]1c1ccco1)NCc1cccnc1. The number of fused-ring (bicyclic) bond motifs is 1. The van der Waals surface area contributed by atoms with Gasteiger partial charge in [0, 0.05) is 49.5 Å². The molecule has 5 rings (SSSR count). The molecule has 0 bridgehead atoms. The van der Waals surface area contributed by atoms with Crippen molar-refractivity contribution >= 4 is 29.0 Å². The predicted octanol–water partition coefficient (Wildman–Crippen LogP) is 4.28. The van der Waals surface area contributed by atoms with Gasteiger partial charge in [-0.2, -0.15) is 0 Å². The number of carbonyl (C=O) groups excluding carboxylic acids is 3. The van der Waals surface area contributed by atoms with Crippen LogP contribution in [-0.2, 0) is 20.9 Å². The Hall–Kier alpha value is -4.20. The summed E-state index contributed by atoms with van der Waals surface area (Å²) in [5.41, 5.74) is 3.65. The highest BCUT2D eigenvalue weighted by Gasteiger charge is 2.40. The Morgan fingerprint density at radius 1 is 1.09 bits per heavy atom. The lowest BCUT2D eigenvalue weighted by Gasteiger charge is -2.32. The summed E-state index contributed by atoms with van der Waals surface area (Å²) in [6.07, 6.45) is 6.80. The first-order chi connectivity index (χ1) is 17.1. The van der Waals surface area contributed by atoms with E-state index in [9.17, 15) is 14.4 Å². The maximum absolute atomic E-state index is 13.7. The number of aromatic nitrogens is 1. The Balaban J connectivity index is 1.43. The van der Waals surface area contributed by atoms with Crippen LogP contribution in [-0.4, -0.2) is 22.6 Å². The average molecular weight is 471 g/mol. The first kappa shape index (κ1) is 22.6. The van der Waals surface area contributed by atoms with Crippen molar-refractivity contribution < 1.29 is 18.8 Å². The number of Topliss-reactive ketones (excluding diaryl/α,β-unsaturated/α-hetero) is 1. The van der Waals surface area contributed by atoms with Crippen molar-refractivity contribution in [2.24, 2.45) is 0 Å². The number of para-hydroxylation sites is 2. The second-order valence-corrected chi connectivity index (χ2v) is 8.63. The number of anilines is 2. The summed E-state index contributed by atoms with van der Waals surface area (Å²) in [7, 11) is 0. The molecule has 178 valence electrons. The van der Waals surface area contributed by atoms with E-state index in [-0.39, 0.29) is 30.4 Å². The summed E-state index contributed by atoms with van der Waals surface area (Å²) in [6.45, 7) is 0.344. The molecular formula is C27H26N4O4. The number of hydrogen-bond acceptors (Lipinski definition) is 6. The molecule has 1 aliphatic heterocycles. The Bertz CT molecular complexity index is 1270. The number of carbonyl (C=O) groups is 3. The third kappa shape index (κ3) is 4.73.